The summed E-state index contributed by atoms with van der Waals surface area (Å²) in [5.74, 6) is 1.61. The number of hydrogen-bond acceptors (Lipinski definition) is 5. The summed E-state index contributed by atoms with van der Waals surface area (Å²) < 4.78 is 10.7. The number of benzene rings is 1. The zero-order chi connectivity index (χ0) is 15.9. The van der Waals surface area contributed by atoms with E-state index in [0.29, 0.717) is 18.8 Å². The molecule has 0 radical (unpaired) electrons. The van der Waals surface area contributed by atoms with Gasteiger partial charge in [0.1, 0.15) is 0 Å². The smallest absolute Gasteiger partial charge is 0.236 e. The number of nitrogens with zero attached hydrogens (tertiary/aromatic N) is 2. The first-order chi connectivity index (χ1) is 10.7. The second-order valence-electron chi connectivity index (χ2n) is 5.46. The molecule has 6 nitrogen and oxygen atoms in total. The fourth-order valence-corrected chi connectivity index (χ4v) is 2.67. The quantitative estimate of drug-likeness (QED) is 0.835. The first kappa shape index (κ1) is 19.5. The lowest BCUT2D eigenvalue weighted by Gasteiger charge is -2.29. The Labute approximate surface area is 144 Å². The number of carbonyl (C=O) groups excluding carboxylic acids is 1. The maximum Gasteiger partial charge on any atom is 0.236 e. The van der Waals surface area contributed by atoms with E-state index in [0.717, 1.165) is 37.5 Å². The molecule has 1 aromatic carbocycles. The predicted molar refractivity (Wildman–Crippen MR) is 92.6 cm³/mol. The number of likely N-dealkylation sites (N-methyl/N-ethyl adjacent to an activating group) is 1. The molecule has 23 heavy (non-hydrogen) atoms. The number of carbonyl (C=O) groups is 1. The molecule has 0 saturated carbocycles. The molecule has 1 aliphatic rings. The van der Waals surface area contributed by atoms with E-state index in [1.165, 1.54) is 0 Å². The van der Waals surface area contributed by atoms with Crippen LogP contribution in [-0.4, -0.2) is 69.7 Å². The molecule has 0 atom stereocenters. The Morgan fingerprint density at radius 1 is 1.26 bits per heavy atom. The third kappa shape index (κ3) is 5.27. The van der Waals surface area contributed by atoms with Crippen LogP contribution in [0.2, 0.25) is 0 Å². The van der Waals surface area contributed by atoms with Crippen molar-refractivity contribution in [1.82, 2.24) is 15.1 Å². The molecule has 130 valence electrons. The van der Waals surface area contributed by atoms with Crippen molar-refractivity contribution in [2.75, 3.05) is 54.0 Å². The summed E-state index contributed by atoms with van der Waals surface area (Å²) in [6.07, 6.45) is 0. The second kappa shape index (κ2) is 9.60. The molecule has 1 aliphatic heterocycles. The summed E-state index contributed by atoms with van der Waals surface area (Å²) in [6.45, 7) is 4.36. The highest BCUT2D eigenvalue weighted by atomic mass is 35.5. The van der Waals surface area contributed by atoms with E-state index >= 15 is 0 Å². The molecule has 7 heteroatoms. The van der Waals surface area contributed by atoms with Crippen LogP contribution in [0.15, 0.2) is 18.2 Å². The third-order valence-corrected chi connectivity index (χ3v) is 3.80. The molecule has 1 aromatic rings. The molecular weight excluding hydrogens is 318 g/mol. The zero-order valence-corrected chi connectivity index (χ0v) is 14.8. The van der Waals surface area contributed by atoms with E-state index in [9.17, 15) is 4.79 Å². The summed E-state index contributed by atoms with van der Waals surface area (Å²) >= 11 is 0. The minimum Gasteiger partial charge on any atom is -0.493 e. The fourth-order valence-electron chi connectivity index (χ4n) is 2.67. The van der Waals surface area contributed by atoms with Gasteiger partial charge in [0.2, 0.25) is 5.91 Å². The molecule has 0 unspecified atom stereocenters. The minimum atomic E-state index is 0. The Morgan fingerprint density at radius 3 is 2.57 bits per heavy atom. The van der Waals surface area contributed by atoms with Crippen molar-refractivity contribution < 1.29 is 14.3 Å². The standard InChI is InChI=1S/C16H25N3O3.ClH/c1-18(12-15(20)19-9-7-17-8-10-19)11-13-5-4-6-14(21-2)16(13)22-3;/h4-6,17H,7-12H2,1-3H3;1H. The van der Waals surface area contributed by atoms with Crippen LogP contribution < -0.4 is 14.8 Å². The van der Waals surface area contributed by atoms with Gasteiger partial charge in [0.25, 0.3) is 0 Å². The van der Waals surface area contributed by atoms with Crippen molar-refractivity contribution in [1.29, 1.82) is 0 Å². The van der Waals surface area contributed by atoms with Gasteiger partial charge in [0.15, 0.2) is 11.5 Å². The normalized spacial score (nSPS) is 14.3. The summed E-state index contributed by atoms with van der Waals surface area (Å²) in [6, 6.07) is 5.80. The van der Waals surface area contributed by atoms with Crippen LogP contribution in [0.1, 0.15) is 5.56 Å². The Morgan fingerprint density at radius 2 is 1.96 bits per heavy atom. The molecule has 1 N–H and O–H groups in total. The maximum atomic E-state index is 12.3. The van der Waals surface area contributed by atoms with Gasteiger partial charge in [-0.25, -0.2) is 0 Å². The van der Waals surface area contributed by atoms with Gasteiger partial charge in [0.05, 0.1) is 20.8 Å². The van der Waals surface area contributed by atoms with Crippen molar-refractivity contribution in [3.63, 3.8) is 0 Å². The Kier molecular flexibility index (Phi) is 8.16. The number of piperazine rings is 1. The molecule has 0 bridgehead atoms. The van der Waals surface area contributed by atoms with E-state index in [2.05, 4.69) is 5.32 Å². The first-order valence-electron chi connectivity index (χ1n) is 7.52. The van der Waals surface area contributed by atoms with E-state index in [1.807, 2.05) is 35.0 Å². The van der Waals surface area contributed by atoms with Gasteiger partial charge in [-0.1, -0.05) is 12.1 Å². The number of nitrogens with one attached hydrogen (secondary N) is 1. The minimum absolute atomic E-state index is 0. The van der Waals surface area contributed by atoms with Crippen molar-refractivity contribution in [3.05, 3.63) is 23.8 Å². The second-order valence-corrected chi connectivity index (χ2v) is 5.46. The lowest BCUT2D eigenvalue weighted by Crippen LogP contribution is -2.49. The monoisotopic (exact) mass is 343 g/mol. The first-order valence-corrected chi connectivity index (χ1v) is 7.52. The number of halogens is 1. The van der Waals surface area contributed by atoms with E-state index < -0.39 is 0 Å². The fraction of sp³-hybridized carbons (Fsp3) is 0.562. The van der Waals surface area contributed by atoms with Crippen LogP contribution in [-0.2, 0) is 11.3 Å². The highest BCUT2D eigenvalue weighted by Crippen LogP contribution is 2.31. The maximum absolute atomic E-state index is 12.3. The van der Waals surface area contributed by atoms with Crippen LogP contribution in [0.5, 0.6) is 11.5 Å². The third-order valence-electron chi connectivity index (χ3n) is 3.80. The summed E-state index contributed by atoms with van der Waals surface area (Å²) in [7, 11) is 5.20. The van der Waals surface area contributed by atoms with Gasteiger partial charge in [0, 0.05) is 38.3 Å². The van der Waals surface area contributed by atoms with Gasteiger partial charge in [-0.3, -0.25) is 9.69 Å². The number of para-hydroxylation sites is 1. The van der Waals surface area contributed by atoms with E-state index in [1.54, 1.807) is 14.2 Å². The van der Waals surface area contributed by atoms with Gasteiger partial charge < -0.3 is 19.7 Å². The van der Waals surface area contributed by atoms with E-state index in [-0.39, 0.29) is 18.3 Å². The Bertz CT molecular complexity index is 507. The lowest BCUT2D eigenvalue weighted by atomic mass is 10.1. The Hall–Kier alpha value is -1.50. The average molecular weight is 344 g/mol. The molecule has 0 aromatic heterocycles. The molecule has 0 aliphatic carbocycles. The number of rotatable bonds is 6. The number of amides is 1. The largest absolute Gasteiger partial charge is 0.493 e. The molecular formula is C16H26ClN3O3. The van der Waals surface area contributed by atoms with Gasteiger partial charge >= 0.3 is 0 Å². The lowest BCUT2D eigenvalue weighted by molar-refractivity contribution is -0.132. The summed E-state index contributed by atoms with van der Waals surface area (Å²) in [5.41, 5.74) is 1.01. The number of hydrogen-bond donors (Lipinski definition) is 1. The van der Waals surface area contributed by atoms with Gasteiger partial charge in [-0.05, 0) is 13.1 Å². The molecule has 1 saturated heterocycles. The molecule has 1 fully saturated rings. The molecule has 1 amide bonds. The van der Waals surface area contributed by atoms with Crippen molar-refractivity contribution >= 4 is 18.3 Å². The van der Waals surface area contributed by atoms with Gasteiger partial charge in [-0.15, -0.1) is 12.4 Å². The number of methoxy groups -OCH3 is 2. The van der Waals surface area contributed by atoms with Crippen LogP contribution in [0.4, 0.5) is 0 Å². The van der Waals surface area contributed by atoms with Crippen LogP contribution >= 0.6 is 12.4 Å². The van der Waals surface area contributed by atoms with Crippen LogP contribution in [0, 0.1) is 0 Å². The summed E-state index contributed by atoms with van der Waals surface area (Å²) in [4.78, 5) is 16.2. The molecule has 2 rings (SSSR count). The summed E-state index contributed by atoms with van der Waals surface area (Å²) in [5, 5.41) is 3.25. The van der Waals surface area contributed by atoms with Gasteiger partial charge in [-0.2, -0.15) is 0 Å². The SMILES string of the molecule is COc1cccc(CN(C)CC(=O)N2CCNCC2)c1OC.Cl. The van der Waals surface area contributed by atoms with Crippen molar-refractivity contribution in [2.45, 2.75) is 6.54 Å². The van der Waals surface area contributed by atoms with E-state index in [4.69, 9.17) is 9.47 Å². The van der Waals surface area contributed by atoms with Crippen molar-refractivity contribution in [2.24, 2.45) is 0 Å². The van der Waals surface area contributed by atoms with Crippen LogP contribution in [0.3, 0.4) is 0 Å². The zero-order valence-electron chi connectivity index (χ0n) is 14.0. The average Bonchev–Trinajstić information content (AvgIpc) is 2.55. The highest BCUT2D eigenvalue weighted by molar-refractivity contribution is 5.85. The predicted octanol–water partition coefficient (Wildman–Crippen LogP) is 0.989. The van der Waals surface area contributed by atoms with Crippen molar-refractivity contribution in [3.8, 4) is 11.5 Å². The topological polar surface area (TPSA) is 54.0 Å². The van der Waals surface area contributed by atoms with Crippen LogP contribution in [0.25, 0.3) is 0 Å². The Balaban J connectivity index is 0.00000264. The number of ether oxygens (including phenoxy) is 2. The molecule has 0 spiro atoms. The highest BCUT2D eigenvalue weighted by Gasteiger charge is 2.18. The molecule has 1 heterocycles.